The molecule has 0 atom stereocenters. The second-order valence-electron chi connectivity index (χ2n) is 7.21. The van der Waals surface area contributed by atoms with E-state index in [1.807, 2.05) is 0 Å². The standard InChI is InChI=1S/C15H27N3O2S/c1-14(2,3)10-15(4,5)18-12-8-7-11(16)9-13(12)21(19,20)17-6/h7-9,17-18H,10,16H2,1-6H3. The highest BCUT2D eigenvalue weighted by molar-refractivity contribution is 7.89. The van der Waals surface area contributed by atoms with Crippen LogP contribution in [0.1, 0.15) is 41.0 Å². The quantitative estimate of drug-likeness (QED) is 0.730. The van der Waals surface area contributed by atoms with E-state index in [1.54, 1.807) is 12.1 Å². The molecular formula is C15H27N3O2S. The molecule has 1 rings (SSSR count). The summed E-state index contributed by atoms with van der Waals surface area (Å²) in [5, 5.41) is 3.34. The average Bonchev–Trinajstić information content (AvgIpc) is 2.27. The summed E-state index contributed by atoms with van der Waals surface area (Å²) in [6, 6.07) is 4.88. The number of sulfonamides is 1. The normalized spacial score (nSPS) is 13.2. The summed E-state index contributed by atoms with van der Waals surface area (Å²) in [4.78, 5) is 0.173. The Balaban J connectivity index is 3.21. The summed E-state index contributed by atoms with van der Waals surface area (Å²) in [5.41, 5.74) is 6.59. The molecule has 1 aromatic carbocycles. The first-order valence-electron chi connectivity index (χ1n) is 6.98. The van der Waals surface area contributed by atoms with E-state index in [2.05, 4.69) is 44.7 Å². The monoisotopic (exact) mass is 313 g/mol. The highest BCUT2D eigenvalue weighted by Gasteiger charge is 2.27. The molecule has 0 aliphatic carbocycles. The fraction of sp³-hybridized carbons (Fsp3) is 0.600. The Hall–Kier alpha value is -1.27. The number of rotatable bonds is 5. The van der Waals surface area contributed by atoms with Crippen molar-refractivity contribution in [1.29, 1.82) is 0 Å². The van der Waals surface area contributed by atoms with Crippen molar-refractivity contribution in [3.63, 3.8) is 0 Å². The van der Waals surface area contributed by atoms with Gasteiger partial charge in [-0.1, -0.05) is 20.8 Å². The van der Waals surface area contributed by atoms with Gasteiger partial charge in [-0.25, -0.2) is 13.1 Å². The SMILES string of the molecule is CNS(=O)(=O)c1cc(N)ccc1NC(C)(C)CC(C)(C)C. The Labute approximate surface area is 128 Å². The third-order valence-corrected chi connectivity index (χ3v) is 4.46. The maximum Gasteiger partial charge on any atom is 0.242 e. The smallest absolute Gasteiger partial charge is 0.242 e. The lowest BCUT2D eigenvalue weighted by Crippen LogP contribution is -2.36. The molecule has 6 heteroatoms. The largest absolute Gasteiger partial charge is 0.399 e. The lowest BCUT2D eigenvalue weighted by molar-refractivity contribution is 0.302. The van der Waals surface area contributed by atoms with E-state index >= 15 is 0 Å². The predicted molar refractivity (Wildman–Crippen MR) is 88.9 cm³/mol. The molecule has 5 nitrogen and oxygen atoms in total. The van der Waals surface area contributed by atoms with Crippen LogP contribution < -0.4 is 15.8 Å². The molecule has 0 saturated carbocycles. The van der Waals surface area contributed by atoms with E-state index in [4.69, 9.17) is 5.73 Å². The zero-order valence-electron chi connectivity index (χ0n) is 13.7. The second-order valence-corrected chi connectivity index (χ2v) is 9.06. The summed E-state index contributed by atoms with van der Waals surface area (Å²) in [5.74, 6) is 0. The Morgan fingerprint density at radius 3 is 2.19 bits per heavy atom. The van der Waals surface area contributed by atoms with E-state index in [0.717, 1.165) is 6.42 Å². The first kappa shape index (κ1) is 17.8. The molecule has 0 aliphatic heterocycles. The minimum atomic E-state index is -3.56. The Bertz CT molecular complexity index is 602. The number of nitrogens with one attached hydrogen (secondary N) is 2. The van der Waals surface area contributed by atoms with Gasteiger partial charge in [0.25, 0.3) is 0 Å². The molecule has 1 aromatic rings. The van der Waals surface area contributed by atoms with Gasteiger partial charge in [0.15, 0.2) is 0 Å². The number of nitrogen functional groups attached to an aromatic ring is 1. The van der Waals surface area contributed by atoms with E-state index in [1.165, 1.54) is 13.1 Å². The van der Waals surface area contributed by atoms with Crippen LogP contribution in [-0.4, -0.2) is 21.0 Å². The van der Waals surface area contributed by atoms with Crippen molar-refractivity contribution < 1.29 is 8.42 Å². The molecule has 0 amide bonds. The molecule has 0 unspecified atom stereocenters. The molecule has 21 heavy (non-hydrogen) atoms. The van der Waals surface area contributed by atoms with Crippen molar-refractivity contribution in [2.24, 2.45) is 5.41 Å². The number of anilines is 2. The van der Waals surface area contributed by atoms with E-state index in [-0.39, 0.29) is 15.8 Å². The molecular weight excluding hydrogens is 286 g/mol. The molecule has 0 aromatic heterocycles. The predicted octanol–water partition coefficient (Wildman–Crippen LogP) is 2.80. The maximum atomic E-state index is 12.1. The number of hydrogen-bond acceptors (Lipinski definition) is 4. The highest BCUT2D eigenvalue weighted by atomic mass is 32.2. The van der Waals surface area contributed by atoms with Gasteiger partial charge in [-0.05, 0) is 50.9 Å². The Morgan fingerprint density at radius 1 is 1.14 bits per heavy atom. The van der Waals surface area contributed by atoms with Crippen LogP contribution in [-0.2, 0) is 10.0 Å². The summed E-state index contributed by atoms with van der Waals surface area (Å²) in [7, 11) is -2.17. The molecule has 4 N–H and O–H groups in total. The Morgan fingerprint density at radius 2 is 1.71 bits per heavy atom. The molecule has 0 spiro atoms. The van der Waals surface area contributed by atoms with E-state index < -0.39 is 10.0 Å². The van der Waals surface area contributed by atoms with Gasteiger partial charge in [0.2, 0.25) is 10.0 Å². The first-order chi connectivity index (χ1) is 9.36. The van der Waals surface area contributed by atoms with Crippen molar-refractivity contribution in [1.82, 2.24) is 4.72 Å². The number of nitrogens with two attached hydrogens (primary N) is 1. The van der Waals surface area contributed by atoms with Crippen LogP contribution in [0, 0.1) is 5.41 Å². The van der Waals surface area contributed by atoms with Gasteiger partial charge < -0.3 is 11.1 Å². The molecule has 120 valence electrons. The number of hydrogen-bond donors (Lipinski definition) is 3. The van der Waals surface area contributed by atoms with Crippen molar-refractivity contribution in [2.75, 3.05) is 18.1 Å². The van der Waals surface area contributed by atoms with Crippen LogP contribution in [0.2, 0.25) is 0 Å². The van der Waals surface area contributed by atoms with Crippen molar-refractivity contribution >= 4 is 21.4 Å². The summed E-state index contributed by atoms with van der Waals surface area (Å²) >= 11 is 0. The highest BCUT2D eigenvalue weighted by Crippen LogP contribution is 2.32. The van der Waals surface area contributed by atoms with Crippen molar-refractivity contribution in [3.8, 4) is 0 Å². The zero-order valence-corrected chi connectivity index (χ0v) is 14.6. The van der Waals surface area contributed by atoms with Gasteiger partial charge in [-0.3, -0.25) is 0 Å². The van der Waals surface area contributed by atoms with Crippen LogP contribution in [0.15, 0.2) is 23.1 Å². The Kier molecular flexibility index (Phi) is 4.95. The van der Waals surface area contributed by atoms with Gasteiger partial charge in [-0.15, -0.1) is 0 Å². The van der Waals surface area contributed by atoms with Gasteiger partial charge >= 0.3 is 0 Å². The fourth-order valence-electron chi connectivity index (χ4n) is 2.71. The van der Waals surface area contributed by atoms with Gasteiger partial charge in [0, 0.05) is 11.2 Å². The minimum Gasteiger partial charge on any atom is -0.399 e. The van der Waals surface area contributed by atoms with Crippen LogP contribution in [0.4, 0.5) is 11.4 Å². The molecule has 0 fully saturated rings. The summed E-state index contributed by atoms with van der Waals surface area (Å²) < 4.78 is 26.6. The van der Waals surface area contributed by atoms with Crippen LogP contribution >= 0.6 is 0 Å². The lowest BCUT2D eigenvalue weighted by Gasteiger charge is -2.34. The molecule has 0 heterocycles. The van der Waals surface area contributed by atoms with Gasteiger partial charge in [0.1, 0.15) is 4.90 Å². The topological polar surface area (TPSA) is 84.2 Å². The van der Waals surface area contributed by atoms with Crippen molar-refractivity contribution in [3.05, 3.63) is 18.2 Å². The van der Waals surface area contributed by atoms with Crippen molar-refractivity contribution in [2.45, 2.75) is 51.5 Å². The van der Waals surface area contributed by atoms with Crippen LogP contribution in [0.25, 0.3) is 0 Å². The zero-order chi connectivity index (χ0) is 16.5. The molecule has 0 aliphatic rings. The minimum absolute atomic E-state index is 0.131. The summed E-state index contributed by atoms with van der Waals surface area (Å²) in [6.07, 6.45) is 0.892. The summed E-state index contributed by atoms with van der Waals surface area (Å²) in [6.45, 7) is 10.6. The second kappa shape index (κ2) is 5.85. The van der Waals surface area contributed by atoms with Gasteiger partial charge in [0.05, 0.1) is 5.69 Å². The van der Waals surface area contributed by atoms with Crippen LogP contribution in [0.3, 0.4) is 0 Å². The van der Waals surface area contributed by atoms with Gasteiger partial charge in [-0.2, -0.15) is 0 Å². The lowest BCUT2D eigenvalue weighted by atomic mass is 9.81. The third kappa shape index (κ3) is 5.21. The van der Waals surface area contributed by atoms with Crippen LogP contribution in [0.5, 0.6) is 0 Å². The molecule has 0 radical (unpaired) electrons. The van der Waals surface area contributed by atoms with E-state index in [9.17, 15) is 8.42 Å². The van der Waals surface area contributed by atoms with E-state index in [0.29, 0.717) is 11.4 Å². The molecule has 0 bridgehead atoms. The first-order valence-corrected chi connectivity index (χ1v) is 8.46. The fourth-order valence-corrected chi connectivity index (χ4v) is 3.63. The maximum absolute atomic E-state index is 12.1. The molecule has 0 saturated heterocycles. The number of benzene rings is 1. The average molecular weight is 313 g/mol. The third-order valence-electron chi connectivity index (χ3n) is 3.01.